The number of fused-ring (bicyclic) bond motifs is 1. The Kier molecular flexibility index (Phi) is 6.59. The lowest BCUT2D eigenvalue weighted by Crippen LogP contribution is -2.39. The van der Waals surface area contributed by atoms with Crippen molar-refractivity contribution < 1.29 is 14.3 Å². The molecular weight excluding hydrogens is 450 g/mol. The minimum absolute atomic E-state index is 0.00747. The van der Waals surface area contributed by atoms with Gasteiger partial charge in [0.2, 0.25) is 5.91 Å². The summed E-state index contributed by atoms with van der Waals surface area (Å²) in [5, 5.41) is 3.57. The topological polar surface area (TPSA) is 71.5 Å². The van der Waals surface area contributed by atoms with Gasteiger partial charge in [-0.15, -0.1) is 0 Å². The van der Waals surface area contributed by atoms with Gasteiger partial charge in [0.05, 0.1) is 24.5 Å². The maximum atomic E-state index is 13.9. The third-order valence-electron chi connectivity index (χ3n) is 6.93. The number of methoxy groups -OCH3 is 1. The third kappa shape index (κ3) is 4.51. The standard InChI is InChI=1S/C30H31N3O3/c1-19(2)15-28(35)33-26-9-5-4-8-24(26)32-25-16-22(20-10-12-23(36-3)13-11-20)17-27(34)29(25)30(33)21-7-6-14-31-18-21/h4-14,18-19,22,30,32H,15-17H2,1-3H3. The summed E-state index contributed by atoms with van der Waals surface area (Å²) in [7, 11) is 1.65. The summed E-state index contributed by atoms with van der Waals surface area (Å²) in [5.74, 6) is 1.05. The normalized spacial score (nSPS) is 19.3. The SMILES string of the molecule is COc1ccc(C2CC(=O)C3=C(C2)Nc2ccccc2N(C(=O)CC(C)C)C3c2cccnc2)cc1. The minimum Gasteiger partial charge on any atom is -0.497 e. The number of benzene rings is 2. The Hall–Kier alpha value is -3.93. The molecule has 0 radical (unpaired) electrons. The number of aromatic nitrogens is 1. The summed E-state index contributed by atoms with van der Waals surface area (Å²) < 4.78 is 5.31. The highest BCUT2D eigenvalue weighted by Crippen LogP contribution is 2.47. The van der Waals surface area contributed by atoms with Gasteiger partial charge in [-0.05, 0) is 59.7 Å². The number of rotatable bonds is 5. The molecule has 1 aliphatic carbocycles. The first-order chi connectivity index (χ1) is 17.5. The van der Waals surface area contributed by atoms with Crippen LogP contribution in [0.1, 0.15) is 56.2 Å². The van der Waals surface area contributed by atoms with Gasteiger partial charge in [-0.2, -0.15) is 0 Å². The number of anilines is 2. The van der Waals surface area contributed by atoms with Crippen LogP contribution in [0.15, 0.2) is 84.3 Å². The first-order valence-corrected chi connectivity index (χ1v) is 12.4. The van der Waals surface area contributed by atoms with Crippen LogP contribution in [0.3, 0.4) is 0 Å². The van der Waals surface area contributed by atoms with Crippen molar-refractivity contribution in [2.24, 2.45) is 5.92 Å². The van der Waals surface area contributed by atoms with Crippen molar-refractivity contribution in [3.63, 3.8) is 0 Å². The summed E-state index contributed by atoms with van der Waals surface area (Å²) >= 11 is 0. The van der Waals surface area contributed by atoms with E-state index in [2.05, 4.69) is 10.3 Å². The maximum Gasteiger partial charge on any atom is 0.228 e. The fourth-order valence-electron chi connectivity index (χ4n) is 5.28. The van der Waals surface area contributed by atoms with Gasteiger partial charge in [0.15, 0.2) is 5.78 Å². The number of nitrogens with one attached hydrogen (secondary N) is 1. The van der Waals surface area contributed by atoms with E-state index in [1.54, 1.807) is 19.5 Å². The lowest BCUT2D eigenvalue weighted by molar-refractivity contribution is -0.119. The molecule has 6 nitrogen and oxygen atoms in total. The fourth-order valence-corrected chi connectivity index (χ4v) is 5.28. The van der Waals surface area contributed by atoms with E-state index < -0.39 is 6.04 Å². The van der Waals surface area contributed by atoms with E-state index in [9.17, 15) is 9.59 Å². The molecule has 184 valence electrons. The summed E-state index contributed by atoms with van der Waals surface area (Å²) in [6, 6.07) is 19.0. The van der Waals surface area contributed by atoms with Crippen LogP contribution < -0.4 is 15.0 Å². The van der Waals surface area contributed by atoms with E-state index in [0.717, 1.165) is 33.9 Å². The number of para-hydroxylation sites is 2. The average molecular weight is 482 g/mol. The maximum absolute atomic E-state index is 13.9. The van der Waals surface area contributed by atoms with Gasteiger partial charge in [-0.3, -0.25) is 19.5 Å². The van der Waals surface area contributed by atoms with Crippen LogP contribution in [0.4, 0.5) is 11.4 Å². The molecule has 0 fully saturated rings. The molecule has 5 rings (SSSR count). The molecule has 36 heavy (non-hydrogen) atoms. The number of nitrogens with zero attached hydrogens (tertiary/aromatic N) is 2. The Balaban J connectivity index is 1.66. The molecule has 1 N–H and O–H groups in total. The van der Waals surface area contributed by atoms with Gasteiger partial charge >= 0.3 is 0 Å². The molecule has 1 amide bonds. The lowest BCUT2D eigenvalue weighted by atomic mass is 9.78. The molecule has 0 bridgehead atoms. The van der Waals surface area contributed by atoms with E-state index in [-0.39, 0.29) is 23.5 Å². The zero-order chi connectivity index (χ0) is 25.2. The quantitative estimate of drug-likeness (QED) is 0.481. The molecule has 0 spiro atoms. The number of carbonyl (C=O) groups is 2. The molecular formula is C30H31N3O3. The largest absolute Gasteiger partial charge is 0.497 e. The number of carbonyl (C=O) groups excluding carboxylic acids is 2. The second-order valence-electron chi connectivity index (χ2n) is 9.89. The smallest absolute Gasteiger partial charge is 0.228 e. The average Bonchev–Trinajstić information content (AvgIpc) is 3.03. The zero-order valence-corrected chi connectivity index (χ0v) is 20.9. The number of Topliss-reactive ketones (excluding diaryl/α,β-unsaturated/α-hetero) is 1. The van der Waals surface area contributed by atoms with Crippen LogP contribution in [0.2, 0.25) is 0 Å². The highest BCUT2D eigenvalue weighted by atomic mass is 16.5. The molecule has 2 aliphatic rings. The second-order valence-corrected chi connectivity index (χ2v) is 9.89. The second kappa shape index (κ2) is 9.97. The van der Waals surface area contributed by atoms with Crippen LogP contribution in [0, 0.1) is 5.92 Å². The van der Waals surface area contributed by atoms with E-state index in [1.165, 1.54) is 0 Å². The predicted octanol–water partition coefficient (Wildman–Crippen LogP) is 6.04. The van der Waals surface area contributed by atoms with Gasteiger partial charge in [-0.1, -0.05) is 44.2 Å². The number of amides is 1. The Morgan fingerprint density at radius 3 is 2.53 bits per heavy atom. The molecule has 6 heteroatoms. The molecule has 1 aromatic heterocycles. The van der Waals surface area contributed by atoms with Gasteiger partial charge < -0.3 is 10.1 Å². The van der Waals surface area contributed by atoms with Gasteiger partial charge in [0.25, 0.3) is 0 Å². The fraction of sp³-hybridized carbons (Fsp3) is 0.300. The number of ether oxygens (including phenoxy) is 1. The van der Waals surface area contributed by atoms with Crippen molar-refractivity contribution in [2.45, 2.75) is 45.1 Å². The summed E-state index contributed by atoms with van der Waals surface area (Å²) in [4.78, 5) is 33.9. The highest BCUT2D eigenvalue weighted by molar-refractivity contribution is 6.06. The Labute approximate surface area is 212 Å². The van der Waals surface area contributed by atoms with Crippen LogP contribution in [0.25, 0.3) is 0 Å². The summed E-state index contributed by atoms with van der Waals surface area (Å²) in [5.41, 5.74) is 5.06. The zero-order valence-electron chi connectivity index (χ0n) is 20.9. The minimum atomic E-state index is -0.541. The van der Waals surface area contributed by atoms with Crippen molar-refractivity contribution in [1.29, 1.82) is 0 Å². The molecule has 2 heterocycles. The molecule has 2 atom stereocenters. The van der Waals surface area contributed by atoms with Crippen molar-refractivity contribution >= 4 is 23.1 Å². The molecule has 2 aromatic carbocycles. The number of allylic oxidation sites excluding steroid dienone is 1. The van der Waals surface area contributed by atoms with Crippen LogP contribution in [-0.2, 0) is 9.59 Å². The number of ketones is 1. The van der Waals surface area contributed by atoms with Crippen molar-refractivity contribution in [3.8, 4) is 5.75 Å². The van der Waals surface area contributed by atoms with Gasteiger partial charge in [0, 0.05) is 36.5 Å². The lowest BCUT2D eigenvalue weighted by Gasteiger charge is -2.35. The molecule has 0 saturated heterocycles. The van der Waals surface area contributed by atoms with Crippen LogP contribution >= 0.6 is 0 Å². The van der Waals surface area contributed by atoms with E-state index in [4.69, 9.17) is 4.74 Å². The molecule has 1 aliphatic heterocycles. The first kappa shape index (κ1) is 23.8. The highest BCUT2D eigenvalue weighted by Gasteiger charge is 2.41. The Morgan fingerprint density at radius 2 is 1.83 bits per heavy atom. The summed E-state index contributed by atoms with van der Waals surface area (Å²) in [6.07, 6.45) is 4.92. The van der Waals surface area contributed by atoms with Gasteiger partial charge in [-0.25, -0.2) is 0 Å². The number of hydrogen-bond acceptors (Lipinski definition) is 5. The Morgan fingerprint density at radius 1 is 1.06 bits per heavy atom. The van der Waals surface area contributed by atoms with Gasteiger partial charge in [0.1, 0.15) is 5.75 Å². The molecule has 3 aromatic rings. The van der Waals surface area contributed by atoms with E-state index in [1.807, 2.05) is 79.4 Å². The Bertz CT molecular complexity index is 1300. The summed E-state index contributed by atoms with van der Waals surface area (Å²) in [6.45, 7) is 4.07. The van der Waals surface area contributed by atoms with Crippen molar-refractivity contribution in [1.82, 2.24) is 4.98 Å². The third-order valence-corrected chi connectivity index (χ3v) is 6.93. The number of hydrogen-bond donors (Lipinski definition) is 1. The molecule has 0 saturated carbocycles. The monoisotopic (exact) mass is 481 g/mol. The van der Waals surface area contributed by atoms with Crippen LogP contribution in [0.5, 0.6) is 5.75 Å². The predicted molar refractivity (Wildman–Crippen MR) is 141 cm³/mol. The van der Waals surface area contributed by atoms with E-state index in [0.29, 0.717) is 24.8 Å². The van der Waals surface area contributed by atoms with Crippen molar-refractivity contribution in [3.05, 3.63) is 95.5 Å². The first-order valence-electron chi connectivity index (χ1n) is 12.4. The molecule has 2 unspecified atom stereocenters. The number of pyridine rings is 1. The van der Waals surface area contributed by atoms with E-state index >= 15 is 0 Å². The van der Waals surface area contributed by atoms with Crippen molar-refractivity contribution in [2.75, 3.05) is 17.3 Å². The van der Waals surface area contributed by atoms with Crippen LogP contribution in [-0.4, -0.2) is 23.8 Å².